The van der Waals surface area contributed by atoms with Crippen molar-refractivity contribution < 1.29 is 0 Å². The van der Waals surface area contributed by atoms with E-state index in [9.17, 15) is 0 Å². The van der Waals surface area contributed by atoms with Gasteiger partial charge in [0, 0.05) is 23.8 Å². The van der Waals surface area contributed by atoms with E-state index in [0.717, 1.165) is 18.5 Å². The third kappa shape index (κ3) is 2.68. The minimum absolute atomic E-state index is 0.0314. The van der Waals surface area contributed by atoms with Crippen molar-refractivity contribution in [1.29, 1.82) is 0 Å². The van der Waals surface area contributed by atoms with Crippen LogP contribution in [0.15, 0.2) is 12.4 Å². The molecule has 3 N–H and O–H groups in total. The average Bonchev–Trinajstić information content (AvgIpc) is 2.77. The molecule has 0 aliphatic rings. The second-order valence-electron chi connectivity index (χ2n) is 4.83. The third-order valence-electron chi connectivity index (χ3n) is 3.84. The van der Waals surface area contributed by atoms with E-state index in [4.69, 9.17) is 5.84 Å². The SMILES string of the molecule is CCn1cc(C(NN)C(C)(CC)N(C)C)cn1. The first-order chi connectivity index (χ1) is 7.99. The summed E-state index contributed by atoms with van der Waals surface area (Å²) < 4.78 is 1.92. The standard InChI is InChI=1S/C12H25N5/c1-6-12(3,16(4)5)11(15-13)10-8-14-17(7-2)9-10/h8-9,11,15H,6-7,13H2,1-5H3. The maximum atomic E-state index is 5.74. The summed E-state index contributed by atoms with van der Waals surface area (Å²) in [5.74, 6) is 5.74. The molecule has 2 unspecified atom stereocenters. The molecule has 0 aliphatic heterocycles. The first kappa shape index (κ1) is 14.2. The van der Waals surface area contributed by atoms with E-state index < -0.39 is 0 Å². The van der Waals surface area contributed by atoms with E-state index in [0.29, 0.717) is 0 Å². The van der Waals surface area contributed by atoms with Crippen LogP contribution in [0, 0.1) is 0 Å². The van der Waals surface area contributed by atoms with Gasteiger partial charge >= 0.3 is 0 Å². The Hall–Kier alpha value is -0.910. The van der Waals surface area contributed by atoms with Crippen LogP contribution >= 0.6 is 0 Å². The summed E-state index contributed by atoms with van der Waals surface area (Å²) in [6.07, 6.45) is 4.96. The molecule has 1 rings (SSSR count). The lowest BCUT2D eigenvalue weighted by atomic mass is 9.85. The van der Waals surface area contributed by atoms with Crippen molar-refractivity contribution >= 4 is 0 Å². The molecular formula is C12H25N5. The number of nitrogens with zero attached hydrogens (tertiary/aromatic N) is 3. The van der Waals surface area contributed by atoms with Crippen molar-refractivity contribution in [2.24, 2.45) is 5.84 Å². The zero-order valence-corrected chi connectivity index (χ0v) is 11.6. The molecule has 1 aromatic heterocycles. The van der Waals surface area contributed by atoms with Gasteiger partial charge in [-0.2, -0.15) is 5.10 Å². The summed E-state index contributed by atoms with van der Waals surface area (Å²) in [7, 11) is 4.16. The summed E-state index contributed by atoms with van der Waals surface area (Å²) in [5, 5.41) is 4.31. The molecule has 5 heteroatoms. The van der Waals surface area contributed by atoms with Gasteiger partial charge < -0.3 is 4.90 Å². The van der Waals surface area contributed by atoms with Gasteiger partial charge in [0.25, 0.3) is 0 Å². The molecule has 0 amide bonds. The highest BCUT2D eigenvalue weighted by molar-refractivity contribution is 5.16. The molecule has 17 heavy (non-hydrogen) atoms. The molecule has 0 aliphatic carbocycles. The van der Waals surface area contributed by atoms with Gasteiger partial charge in [0.1, 0.15) is 0 Å². The fourth-order valence-corrected chi connectivity index (χ4v) is 2.11. The fraction of sp³-hybridized carbons (Fsp3) is 0.750. The predicted molar refractivity (Wildman–Crippen MR) is 70.3 cm³/mol. The van der Waals surface area contributed by atoms with Gasteiger partial charge in [0.05, 0.1) is 12.2 Å². The Labute approximate surface area is 104 Å². The molecule has 2 atom stereocenters. The van der Waals surface area contributed by atoms with Gasteiger partial charge in [-0.05, 0) is 34.4 Å². The maximum Gasteiger partial charge on any atom is 0.0671 e. The van der Waals surface area contributed by atoms with Gasteiger partial charge in [-0.15, -0.1) is 0 Å². The number of hydrogen-bond donors (Lipinski definition) is 2. The Morgan fingerprint density at radius 3 is 2.53 bits per heavy atom. The molecule has 5 nitrogen and oxygen atoms in total. The van der Waals surface area contributed by atoms with Gasteiger partial charge in [-0.3, -0.25) is 16.0 Å². The van der Waals surface area contributed by atoms with Crippen LogP contribution in [-0.2, 0) is 6.54 Å². The fourth-order valence-electron chi connectivity index (χ4n) is 2.11. The highest BCUT2D eigenvalue weighted by Crippen LogP contribution is 2.31. The lowest BCUT2D eigenvalue weighted by Gasteiger charge is -2.42. The average molecular weight is 239 g/mol. The van der Waals surface area contributed by atoms with Crippen molar-refractivity contribution in [2.45, 2.75) is 45.3 Å². The minimum Gasteiger partial charge on any atom is -0.302 e. The van der Waals surface area contributed by atoms with Crippen molar-refractivity contribution in [1.82, 2.24) is 20.1 Å². The Balaban J connectivity index is 3.04. The molecule has 98 valence electrons. The monoisotopic (exact) mass is 239 g/mol. The summed E-state index contributed by atoms with van der Waals surface area (Å²) in [6, 6.07) is 0.0720. The summed E-state index contributed by atoms with van der Waals surface area (Å²) >= 11 is 0. The first-order valence-electron chi connectivity index (χ1n) is 6.15. The van der Waals surface area contributed by atoms with E-state index in [1.165, 1.54) is 0 Å². The quantitative estimate of drug-likeness (QED) is 0.577. The molecule has 0 spiro atoms. The van der Waals surface area contributed by atoms with Crippen molar-refractivity contribution in [2.75, 3.05) is 14.1 Å². The largest absolute Gasteiger partial charge is 0.302 e. The molecule has 0 saturated carbocycles. The third-order valence-corrected chi connectivity index (χ3v) is 3.84. The zero-order chi connectivity index (χ0) is 13.1. The number of hydrogen-bond acceptors (Lipinski definition) is 4. The predicted octanol–water partition coefficient (Wildman–Crippen LogP) is 1.14. The van der Waals surface area contributed by atoms with Gasteiger partial charge in [0.15, 0.2) is 0 Å². The Kier molecular flexibility index (Phi) is 4.68. The smallest absolute Gasteiger partial charge is 0.0671 e. The van der Waals surface area contributed by atoms with Gasteiger partial charge in [-0.25, -0.2) is 0 Å². The zero-order valence-electron chi connectivity index (χ0n) is 11.6. The van der Waals surface area contributed by atoms with E-state index in [1.54, 1.807) is 0 Å². The van der Waals surface area contributed by atoms with Crippen molar-refractivity contribution in [3.8, 4) is 0 Å². The Bertz CT molecular complexity index is 346. The highest BCUT2D eigenvalue weighted by atomic mass is 15.3. The van der Waals surface area contributed by atoms with Crippen molar-refractivity contribution in [3.05, 3.63) is 18.0 Å². The minimum atomic E-state index is -0.0314. The Morgan fingerprint density at radius 2 is 2.18 bits per heavy atom. The molecule has 0 aromatic carbocycles. The molecule has 0 radical (unpaired) electrons. The summed E-state index contributed by atoms with van der Waals surface area (Å²) in [4.78, 5) is 2.21. The van der Waals surface area contributed by atoms with Crippen LogP contribution in [-0.4, -0.2) is 34.3 Å². The normalized spacial score (nSPS) is 17.1. The van der Waals surface area contributed by atoms with E-state index >= 15 is 0 Å². The number of aryl methyl sites for hydroxylation is 1. The van der Waals surface area contributed by atoms with E-state index in [2.05, 4.69) is 56.5 Å². The molecule has 1 aromatic rings. The number of hydrazine groups is 1. The number of rotatable bonds is 6. The van der Waals surface area contributed by atoms with Crippen LogP contribution in [0.5, 0.6) is 0 Å². The topological polar surface area (TPSA) is 59.1 Å². The number of aromatic nitrogens is 2. The molecule has 1 heterocycles. The van der Waals surface area contributed by atoms with Crippen molar-refractivity contribution in [3.63, 3.8) is 0 Å². The number of nitrogens with two attached hydrogens (primary N) is 1. The van der Waals surface area contributed by atoms with Gasteiger partial charge in [0.2, 0.25) is 0 Å². The molecule has 0 fully saturated rings. The summed E-state index contributed by atoms with van der Waals surface area (Å²) in [5.41, 5.74) is 4.03. The first-order valence-corrected chi connectivity index (χ1v) is 6.15. The van der Waals surface area contributed by atoms with Gasteiger partial charge in [-0.1, -0.05) is 6.92 Å². The number of likely N-dealkylation sites (N-methyl/N-ethyl adjacent to an activating group) is 1. The van der Waals surface area contributed by atoms with Crippen LogP contribution in [0.4, 0.5) is 0 Å². The Morgan fingerprint density at radius 1 is 1.53 bits per heavy atom. The maximum absolute atomic E-state index is 5.74. The van der Waals surface area contributed by atoms with E-state index in [-0.39, 0.29) is 11.6 Å². The highest BCUT2D eigenvalue weighted by Gasteiger charge is 2.35. The second kappa shape index (κ2) is 5.62. The molecular weight excluding hydrogens is 214 g/mol. The lowest BCUT2D eigenvalue weighted by molar-refractivity contribution is 0.113. The number of nitrogens with one attached hydrogen (secondary N) is 1. The second-order valence-corrected chi connectivity index (χ2v) is 4.83. The van der Waals surface area contributed by atoms with Crippen LogP contribution < -0.4 is 11.3 Å². The summed E-state index contributed by atoms with van der Waals surface area (Å²) in [6.45, 7) is 7.34. The van der Waals surface area contributed by atoms with Crippen LogP contribution in [0.3, 0.4) is 0 Å². The molecule has 0 saturated heterocycles. The van der Waals surface area contributed by atoms with Crippen LogP contribution in [0.25, 0.3) is 0 Å². The molecule has 0 bridgehead atoms. The van der Waals surface area contributed by atoms with Crippen LogP contribution in [0.1, 0.15) is 38.8 Å². The lowest BCUT2D eigenvalue weighted by Crippen LogP contribution is -2.52. The van der Waals surface area contributed by atoms with Crippen LogP contribution in [0.2, 0.25) is 0 Å². The van der Waals surface area contributed by atoms with E-state index in [1.807, 2.05) is 10.9 Å².